The van der Waals surface area contributed by atoms with Crippen LogP contribution in [0.5, 0.6) is 5.75 Å². The molecule has 0 heterocycles. The highest BCUT2D eigenvalue weighted by Gasteiger charge is 2.24. The van der Waals surface area contributed by atoms with Crippen LogP contribution in [0.2, 0.25) is 5.02 Å². The van der Waals surface area contributed by atoms with Crippen LogP contribution in [0, 0.1) is 5.92 Å². The van der Waals surface area contributed by atoms with Crippen LogP contribution in [0.25, 0.3) is 0 Å². The zero-order valence-electron chi connectivity index (χ0n) is 15.1. The lowest BCUT2D eigenvalue weighted by molar-refractivity contribution is -0.118. The summed E-state index contributed by atoms with van der Waals surface area (Å²) in [6, 6.07) is 13.0. The van der Waals surface area contributed by atoms with E-state index in [0.29, 0.717) is 28.6 Å². The molecule has 0 saturated heterocycles. The summed E-state index contributed by atoms with van der Waals surface area (Å²) in [5.74, 6) is 0.0403. The van der Waals surface area contributed by atoms with Gasteiger partial charge < -0.3 is 15.4 Å². The van der Waals surface area contributed by atoms with E-state index in [4.69, 9.17) is 16.3 Å². The SMILES string of the molecule is CCOc1ccc(C(=O)NC(C(=O)Nc2ccc(Cl)cc2)C(C)C)cc1. The summed E-state index contributed by atoms with van der Waals surface area (Å²) >= 11 is 5.85. The Kier molecular flexibility index (Phi) is 7.04. The van der Waals surface area contributed by atoms with Crippen molar-refractivity contribution in [3.8, 4) is 5.75 Å². The third kappa shape index (κ3) is 5.49. The molecule has 6 heteroatoms. The Bertz CT molecular complexity index is 743. The van der Waals surface area contributed by atoms with E-state index in [-0.39, 0.29) is 17.7 Å². The minimum absolute atomic E-state index is 0.0750. The normalized spacial score (nSPS) is 11.7. The molecule has 2 N–H and O–H groups in total. The van der Waals surface area contributed by atoms with Gasteiger partial charge in [0.2, 0.25) is 5.91 Å². The Morgan fingerprint density at radius 1 is 1.04 bits per heavy atom. The van der Waals surface area contributed by atoms with E-state index in [0.717, 1.165) is 0 Å². The minimum Gasteiger partial charge on any atom is -0.494 e. The van der Waals surface area contributed by atoms with Crippen molar-refractivity contribution in [1.82, 2.24) is 5.32 Å². The van der Waals surface area contributed by atoms with Crippen LogP contribution in [0.3, 0.4) is 0 Å². The molecule has 2 aromatic carbocycles. The molecule has 2 rings (SSSR count). The smallest absolute Gasteiger partial charge is 0.251 e. The average Bonchev–Trinajstić information content (AvgIpc) is 2.62. The van der Waals surface area contributed by atoms with E-state index in [1.165, 1.54) is 0 Å². The second kappa shape index (κ2) is 9.25. The Hall–Kier alpha value is -2.53. The van der Waals surface area contributed by atoms with Gasteiger partial charge in [-0.1, -0.05) is 25.4 Å². The van der Waals surface area contributed by atoms with Gasteiger partial charge in [-0.15, -0.1) is 0 Å². The Labute approximate surface area is 158 Å². The molecule has 2 amide bonds. The van der Waals surface area contributed by atoms with Gasteiger partial charge in [0.15, 0.2) is 0 Å². The highest BCUT2D eigenvalue weighted by Crippen LogP contribution is 2.16. The molecule has 1 unspecified atom stereocenters. The van der Waals surface area contributed by atoms with E-state index in [1.54, 1.807) is 48.5 Å². The topological polar surface area (TPSA) is 67.4 Å². The van der Waals surface area contributed by atoms with E-state index < -0.39 is 6.04 Å². The van der Waals surface area contributed by atoms with Gasteiger partial charge in [0.25, 0.3) is 5.91 Å². The van der Waals surface area contributed by atoms with Crippen molar-refractivity contribution in [2.24, 2.45) is 5.92 Å². The lowest BCUT2D eigenvalue weighted by atomic mass is 10.0. The van der Waals surface area contributed by atoms with Gasteiger partial charge in [-0.2, -0.15) is 0 Å². The molecular formula is C20H23ClN2O3. The molecular weight excluding hydrogens is 352 g/mol. The molecule has 0 radical (unpaired) electrons. The molecule has 1 atom stereocenters. The van der Waals surface area contributed by atoms with E-state index >= 15 is 0 Å². The predicted octanol–water partition coefficient (Wildman–Crippen LogP) is 4.13. The number of carbonyl (C=O) groups is 2. The van der Waals surface area contributed by atoms with Gasteiger partial charge in [-0.3, -0.25) is 9.59 Å². The Balaban J connectivity index is 2.05. The average molecular weight is 375 g/mol. The lowest BCUT2D eigenvalue weighted by Gasteiger charge is -2.22. The molecule has 0 aliphatic carbocycles. The van der Waals surface area contributed by atoms with Crippen LogP contribution < -0.4 is 15.4 Å². The van der Waals surface area contributed by atoms with Crippen molar-refractivity contribution < 1.29 is 14.3 Å². The highest BCUT2D eigenvalue weighted by molar-refractivity contribution is 6.30. The summed E-state index contributed by atoms with van der Waals surface area (Å²) in [6.07, 6.45) is 0. The van der Waals surface area contributed by atoms with Crippen LogP contribution in [-0.4, -0.2) is 24.5 Å². The molecule has 0 aromatic heterocycles. The number of benzene rings is 2. The number of anilines is 1. The number of carbonyl (C=O) groups excluding carboxylic acids is 2. The standard InChI is InChI=1S/C20H23ClN2O3/c1-4-26-17-11-5-14(6-12-17)19(24)23-18(13(2)3)20(25)22-16-9-7-15(21)8-10-16/h5-13,18H,4H2,1-3H3,(H,22,25)(H,23,24). The summed E-state index contributed by atoms with van der Waals surface area (Å²) in [5.41, 5.74) is 1.10. The number of hydrogen-bond acceptors (Lipinski definition) is 3. The van der Waals surface area contributed by atoms with Crippen molar-refractivity contribution in [3.63, 3.8) is 0 Å². The van der Waals surface area contributed by atoms with E-state index in [9.17, 15) is 9.59 Å². The summed E-state index contributed by atoms with van der Waals surface area (Å²) in [6.45, 7) is 6.22. The van der Waals surface area contributed by atoms with Crippen LogP contribution in [0.4, 0.5) is 5.69 Å². The monoisotopic (exact) mass is 374 g/mol. The lowest BCUT2D eigenvalue weighted by Crippen LogP contribution is -2.47. The number of ether oxygens (including phenoxy) is 1. The third-order valence-corrected chi connectivity index (χ3v) is 4.03. The van der Waals surface area contributed by atoms with Gasteiger partial charge in [0.05, 0.1) is 6.61 Å². The fourth-order valence-corrected chi connectivity index (χ4v) is 2.51. The van der Waals surface area contributed by atoms with Crippen molar-refractivity contribution in [2.45, 2.75) is 26.8 Å². The molecule has 0 spiro atoms. The fourth-order valence-electron chi connectivity index (χ4n) is 2.38. The minimum atomic E-state index is -0.662. The number of hydrogen-bond donors (Lipinski definition) is 2. The predicted molar refractivity (Wildman–Crippen MR) is 104 cm³/mol. The summed E-state index contributed by atoms with van der Waals surface area (Å²) in [7, 11) is 0. The zero-order chi connectivity index (χ0) is 19.1. The molecule has 26 heavy (non-hydrogen) atoms. The Morgan fingerprint density at radius 2 is 1.65 bits per heavy atom. The van der Waals surface area contributed by atoms with Crippen molar-refractivity contribution in [1.29, 1.82) is 0 Å². The summed E-state index contributed by atoms with van der Waals surface area (Å²) in [5, 5.41) is 6.19. The van der Waals surface area contributed by atoms with Gasteiger partial charge in [-0.05, 0) is 61.4 Å². The maximum atomic E-state index is 12.6. The van der Waals surface area contributed by atoms with E-state index in [2.05, 4.69) is 10.6 Å². The van der Waals surface area contributed by atoms with Crippen molar-refractivity contribution in [2.75, 3.05) is 11.9 Å². The molecule has 0 aliphatic rings. The number of rotatable bonds is 7. The van der Waals surface area contributed by atoms with Crippen molar-refractivity contribution in [3.05, 3.63) is 59.1 Å². The first-order valence-corrected chi connectivity index (χ1v) is 8.88. The highest BCUT2D eigenvalue weighted by atomic mass is 35.5. The van der Waals surface area contributed by atoms with E-state index in [1.807, 2.05) is 20.8 Å². The molecule has 2 aromatic rings. The van der Waals surface area contributed by atoms with Gasteiger partial charge in [0.1, 0.15) is 11.8 Å². The fraction of sp³-hybridized carbons (Fsp3) is 0.300. The molecule has 0 saturated carbocycles. The quantitative estimate of drug-likeness (QED) is 0.765. The maximum Gasteiger partial charge on any atom is 0.251 e. The van der Waals surface area contributed by atoms with Crippen LogP contribution >= 0.6 is 11.6 Å². The van der Waals surface area contributed by atoms with Crippen molar-refractivity contribution >= 4 is 29.1 Å². The number of nitrogens with one attached hydrogen (secondary N) is 2. The maximum absolute atomic E-state index is 12.6. The first-order valence-electron chi connectivity index (χ1n) is 8.51. The summed E-state index contributed by atoms with van der Waals surface area (Å²) in [4.78, 5) is 25.0. The second-order valence-corrected chi connectivity index (χ2v) is 6.59. The van der Waals surface area contributed by atoms with Crippen LogP contribution in [0.15, 0.2) is 48.5 Å². The molecule has 0 bridgehead atoms. The first kappa shape index (κ1) is 19.8. The Morgan fingerprint density at radius 3 is 2.19 bits per heavy atom. The first-order chi connectivity index (χ1) is 12.4. The third-order valence-electron chi connectivity index (χ3n) is 3.78. The molecule has 0 aliphatic heterocycles. The zero-order valence-corrected chi connectivity index (χ0v) is 15.8. The van der Waals surface area contributed by atoms with Gasteiger partial charge in [-0.25, -0.2) is 0 Å². The number of halogens is 1. The molecule has 138 valence electrons. The molecule has 5 nitrogen and oxygen atoms in total. The summed E-state index contributed by atoms with van der Waals surface area (Å²) < 4.78 is 5.37. The number of amides is 2. The molecule has 0 fully saturated rings. The second-order valence-electron chi connectivity index (χ2n) is 6.15. The van der Waals surface area contributed by atoms with Gasteiger partial charge in [0, 0.05) is 16.3 Å². The van der Waals surface area contributed by atoms with Crippen LogP contribution in [-0.2, 0) is 4.79 Å². The van der Waals surface area contributed by atoms with Crippen LogP contribution in [0.1, 0.15) is 31.1 Å². The largest absolute Gasteiger partial charge is 0.494 e. The van der Waals surface area contributed by atoms with Gasteiger partial charge >= 0.3 is 0 Å².